The van der Waals surface area contributed by atoms with Crippen LogP contribution in [0.15, 0.2) is 53.4 Å². The van der Waals surface area contributed by atoms with Crippen LogP contribution in [-0.4, -0.2) is 4.21 Å². The topological polar surface area (TPSA) is 17.1 Å². The summed E-state index contributed by atoms with van der Waals surface area (Å²) in [4.78, 5) is 0.764. The minimum Gasteiger partial charge on any atom is -0.252 e. The second kappa shape index (κ2) is 6.33. The van der Waals surface area contributed by atoms with E-state index in [1.54, 1.807) is 0 Å². The van der Waals surface area contributed by atoms with Crippen molar-refractivity contribution in [2.24, 2.45) is 0 Å². The maximum atomic E-state index is 12.5. The third-order valence-electron chi connectivity index (χ3n) is 3.48. The van der Waals surface area contributed by atoms with E-state index in [9.17, 15) is 4.21 Å². The van der Waals surface area contributed by atoms with E-state index in [0.717, 1.165) is 16.0 Å². The first kappa shape index (κ1) is 16.3. The molecule has 2 rings (SSSR count). The van der Waals surface area contributed by atoms with Gasteiger partial charge in [0.1, 0.15) is 4.71 Å². The van der Waals surface area contributed by atoms with Crippen LogP contribution in [0.4, 0.5) is 0 Å². The zero-order chi connectivity index (χ0) is 15.6. The summed E-state index contributed by atoms with van der Waals surface area (Å²) in [6, 6.07) is 15.8. The molecule has 2 atom stereocenters. The molecule has 2 unspecified atom stereocenters. The highest BCUT2D eigenvalue weighted by atomic mass is 35.5. The van der Waals surface area contributed by atoms with Crippen molar-refractivity contribution in [2.45, 2.75) is 42.7 Å². The standard InChI is InChI=1S/C18H21ClOS/c1-13-5-11-16(12-6-13)21(20)17(19)14-7-9-15(10-8-14)18(2,3)4/h5-12,17H,1-4H3. The van der Waals surface area contributed by atoms with Gasteiger partial charge >= 0.3 is 0 Å². The van der Waals surface area contributed by atoms with Crippen molar-refractivity contribution in [3.8, 4) is 0 Å². The fraction of sp³-hybridized carbons (Fsp3) is 0.333. The molecule has 0 radical (unpaired) electrons. The Bertz CT molecular complexity index is 624. The van der Waals surface area contributed by atoms with Crippen molar-refractivity contribution < 1.29 is 4.21 Å². The van der Waals surface area contributed by atoms with E-state index in [1.165, 1.54) is 5.56 Å². The van der Waals surface area contributed by atoms with Crippen LogP contribution in [0.5, 0.6) is 0 Å². The third-order valence-corrected chi connectivity index (χ3v) is 5.60. The van der Waals surface area contributed by atoms with E-state index in [-0.39, 0.29) is 5.41 Å². The van der Waals surface area contributed by atoms with E-state index < -0.39 is 15.5 Å². The second-order valence-electron chi connectivity index (χ2n) is 6.30. The Hall–Kier alpha value is -1.12. The van der Waals surface area contributed by atoms with Crippen molar-refractivity contribution in [1.29, 1.82) is 0 Å². The Kier molecular flexibility index (Phi) is 4.90. The Morgan fingerprint density at radius 3 is 1.95 bits per heavy atom. The fourth-order valence-electron chi connectivity index (χ4n) is 2.05. The average Bonchev–Trinajstić information content (AvgIpc) is 2.46. The predicted octanol–water partition coefficient (Wildman–Crippen LogP) is 5.34. The number of hydrogen-bond donors (Lipinski definition) is 0. The molecule has 0 aromatic heterocycles. The lowest BCUT2D eigenvalue weighted by atomic mass is 9.87. The van der Waals surface area contributed by atoms with E-state index in [4.69, 9.17) is 11.6 Å². The Labute approximate surface area is 134 Å². The van der Waals surface area contributed by atoms with E-state index in [1.807, 2.05) is 43.3 Å². The summed E-state index contributed by atoms with van der Waals surface area (Å²) >= 11 is 6.40. The number of halogens is 1. The SMILES string of the molecule is Cc1ccc(S(=O)C(Cl)c2ccc(C(C)(C)C)cc2)cc1. The molecule has 0 fully saturated rings. The maximum absolute atomic E-state index is 12.5. The Morgan fingerprint density at radius 1 is 0.952 bits per heavy atom. The summed E-state index contributed by atoms with van der Waals surface area (Å²) in [5.41, 5.74) is 3.40. The van der Waals surface area contributed by atoms with Crippen molar-refractivity contribution in [3.05, 3.63) is 65.2 Å². The van der Waals surface area contributed by atoms with Gasteiger partial charge in [-0.2, -0.15) is 0 Å². The highest BCUT2D eigenvalue weighted by Gasteiger charge is 2.19. The van der Waals surface area contributed by atoms with Crippen LogP contribution in [-0.2, 0) is 16.2 Å². The molecule has 3 heteroatoms. The summed E-state index contributed by atoms with van der Waals surface area (Å²) in [5.74, 6) is 0. The monoisotopic (exact) mass is 320 g/mol. The number of aryl methyl sites for hydroxylation is 1. The number of alkyl halides is 1. The molecular weight excluding hydrogens is 300 g/mol. The molecule has 2 aromatic rings. The van der Waals surface area contributed by atoms with Gasteiger partial charge in [0.25, 0.3) is 0 Å². The van der Waals surface area contributed by atoms with E-state index in [2.05, 4.69) is 32.9 Å². The molecule has 0 aliphatic carbocycles. The lowest BCUT2D eigenvalue weighted by Crippen LogP contribution is -2.11. The highest BCUT2D eigenvalue weighted by Crippen LogP contribution is 2.31. The number of rotatable bonds is 3. The molecule has 0 N–H and O–H groups in total. The van der Waals surface area contributed by atoms with E-state index in [0.29, 0.717) is 0 Å². The van der Waals surface area contributed by atoms with Gasteiger partial charge in [-0.25, -0.2) is 0 Å². The van der Waals surface area contributed by atoms with E-state index >= 15 is 0 Å². The van der Waals surface area contributed by atoms with Crippen molar-refractivity contribution in [2.75, 3.05) is 0 Å². The van der Waals surface area contributed by atoms with Gasteiger partial charge in [-0.15, -0.1) is 11.6 Å². The van der Waals surface area contributed by atoms with Gasteiger partial charge in [0.2, 0.25) is 0 Å². The zero-order valence-corrected chi connectivity index (χ0v) is 14.5. The molecule has 0 saturated heterocycles. The average molecular weight is 321 g/mol. The van der Waals surface area contributed by atoms with Gasteiger partial charge in [0.05, 0.1) is 10.8 Å². The second-order valence-corrected chi connectivity index (χ2v) is 8.53. The van der Waals surface area contributed by atoms with Gasteiger partial charge in [-0.3, -0.25) is 4.21 Å². The largest absolute Gasteiger partial charge is 0.252 e. The minimum atomic E-state index is -1.25. The Morgan fingerprint density at radius 2 is 1.48 bits per heavy atom. The molecule has 0 amide bonds. The molecule has 0 saturated carbocycles. The Balaban J connectivity index is 2.21. The van der Waals surface area contributed by atoms with Gasteiger partial charge in [-0.05, 0) is 35.6 Å². The van der Waals surface area contributed by atoms with Crippen molar-refractivity contribution in [1.82, 2.24) is 0 Å². The highest BCUT2D eigenvalue weighted by molar-refractivity contribution is 7.86. The summed E-state index contributed by atoms with van der Waals surface area (Å²) in [6.45, 7) is 8.52. The van der Waals surface area contributed by atoms with Crippen LogP contribution < -0.4 is 0 Å². The summed E-state index contributed by atoms with van der Waals surface area (Å²) < 4.78 is 12.0. The first-order chi connectivity index (χ1) is 9.79. The normalized spacial score (nSPS) is 14.7. The lowest BCUT2D eigenvalue weighted by molar-refractivity contribution is 0.590. The smallest absolute Gasteiger partial charge is 0.138 e. The van der Waals surface area contributed by atoms with Crippen LogP contribution in [0.3, 0.4) is 0 Å². The van der Waals surface area contributed by atoms with Gasteiger partial charge < -0.3 is 0 Å². The van der Waals surface area contributed by atoms with Crippen LogP contribution in [0.1, 0.15) is 42.2 Å². The summed E-state index contributed by atoms with van der Waals surface area (Å²) in [6.07, 6.45) is 0. The van der Waals surface area contributed by atoms with Crippen LogP contribution in [0.2, 0.25) is 0 Å². The lowest BCUT2D eigenvalue weighted by Gasteiger charge is -2.19. The van der Waals surface area contributed by atoms with Gasteiger partial charge in [0, 0.05) is 4.90 Å². The van der Waals surface area contributed by atoms with Crippen LogP contribution in [0, 0.1) is 6.92 Å². The maximum Gasteiger partial charge on any atom is 0.138 e. The quantitative estimate of drug-likeness (QED) is 0.698. The third kappa shape index (κ3) is 3.96. The molecule has 112 valence electrons. The zero-order valence-electron chi connectivity index (χ0n) is 12.9. The summed E-state index contributed by atoms with van der Waals surface area (Å²) in [5, 5.41) is 0. The van der Waals surface area contributed by atoms with Crippen LogP contribution >= 0.6 is 11.6 Å². The number of hydrogen-bond acceptors (Lipinski definition) is 1. The molecule has 0 bridgehead atoms. The molecule has 21 heavy (non-hydrogen) atoms. The van der Waals surface area contributed by atoms with Crippen molar-refractivity contribution in [3.63, 3.8) is 0 Å². The van der Waals surface area contributed by atoms with Crippen molar-refractivity contribution >= 4 is 22.4 Å². The predicted molar refractivity (Wildman–Crippen MR) is 91.3 cm³/mol. The molecule has 0 spiro atoms. The molecule has 0 heterocycles. The number of benzene rings is 2. The van der Waals surface area contributed by atoms with Gasteiger partial charge in [-0.1, -0.05) is 62.7 Å². The first-order valence-corrected chi connectivity index (χ1v) is 8.66. The van der Waals surface area contributed by atoms with Crippen LogP contribution in [0.25, 0.3) is 0 Å². The molecule has 0 aliphatic rings. The fourth-order valence-corrected chi connectivity index (χ4v) is 3.55. The summed E-state index contributed by atoms with van der Waals surface area (Å²) in [7, 11) is -1.25. The molecule has 2 aromatic carbocycles. The minimum absolute atomic E-state index is 0.108. The first-order valence-electron chi connectivity index (χ1n) is 7.01. The molecule has 0 aliphatic heterocycles. The molecule has 1 nitrogen and oxygen atoms in total. The van der Waals surface area contributed by atoms with Gasteiger partial charge in [0.15, 0.2) is 0 Å². The molecular formula is C18H21ClOS.